The topological polar surface area (TPSA) is 37.4 Å². The van der Waals surface area contributed by atoms with Crippen molar-refractivity contribution >= 4 is 5.69 Å². The van der Waals surface area contributed by atoms with Crippen molar-refractivity contribution in [3.05, 3.63) is 24.0 Å². The van der Waals surface area contributed by atoms with Crippen molar-refractivity contribution in [2.24, 2.45) is 0 Å². The molecule has 4 heteroatoms. The first-order chi connectivity index (χ1) is 7.81. The van der Waals surface area contributed by atoms with Crippen molar-refractivity contribution in [1.82, 2.24) is 10.3 Å². The van der Waals surface area contributed by atoms with E-state index in [9.17, 15) is 0 Å². The first-order valence-electron chi connectivity index (χ1n) is 5.73. The van der Waals surface area contributed by atoms with Crippen molar-refractivity contribution in [2.45, 2.75) is 13.0 Å². The number of nitrogens with one attached hydrogen (secondary N) is 1. The average molecular weight is 221 g/mol. The number of pyridine rings is 1. The number of anilines is 1. The van der Waals surface area contributed by atoms with Crippen molar-refractivity contribution in [3.63, 3.8) is 0 Å². The van der Waals surface area contributed by atoms with E-state index in [4.69, 9.17) is 4.74 Å². The van der Waals surface area contributed by atoms with Crippen LogP contribution < -0.4 is 10.2 Å². The van der Waals surface area contributed by atoms with Gasteiger partial charge in [0.05, 0.1) is 31.1 Å². The summed E-state index contributed by atoms with van der Waals surface area (Å²) in [5.41, 5.74) is 2.25. The Balaban J connectivity index is 2.13. The minimum Gasteiger partial charge on any atom is -0.377 e. The van der Waals surface area contributed by atoms with Crippen molar-refractivity contribution in [1.29, 1.82) is 0 Å². The summed E-state index contributed by atoms with van der Waals surface area (Å²) >= 11 is 0. The third-order valence-electron chi connectivity index (χ3n) is 2.89. The molecule has 0 saturated carbocycles. The fourth-order valence-electron chi connectivity index (χ4n) is 2.03. The molecule has 1 aliphatic rings. The standard InChI is InChI=1S/C12H19N3O/c1-10-3-4-11(8-14-10)15-5-6-16-9-12(15)7-13-2/h3-4,8,12-13H,5-7,9H2,1-2H3. The Kier molecular flexibility index (Phi) is 3.74. The van der Waals surface area contributed by atoms with Gasteiger partial charge >= 0.3 is 0 Å². The van der Waals surface area contributed by atoms with E-state index in [1.807, 2.05) is 20.2 Å². The molecule has 0 amide bonds. The van der Waals surface area contributed by atoms with E-state index in [1.165, 1.54) is 5.69 Å². The number of hydrogen-bond donors (Lipinski definition) is 1. The summed E-state index contributed by atoms with van der Waals surface area (Å²) in [5, 5.41) is 3.21. The maximum atomic E-state index is 5.51. The van der Waals surface area contributed by atoms with Gasteiger partial charge < -0.3 is 15.0 Å². The molecule has 0 aliphatic carbocycles. The van der Waals surface area contributed by atoms with Crippen LogP contribution in [-0.2, 0) is 4.74 Å². The van der Waals surface area contributed by atoms with Crippen LogP contribution in [0.2, 0.25) is 0 Å². The summed E-state index contributed by atoms with van der Waals surface area (Å²) in [6.07, 6.45) is 1.95. The highest BCUT2D eigenvalue weighted by molar-refractivity contribution is 5.46. The van der Waals surface area contributed by atoms with Gasteiger partial charge in [0.25, 0.3) is 0 Å². The monoisotopic (exact) mass is 221 g/mol. The van der Waals surface area contributed by atoms with Crippen LogP contribution in [0, 0.1) is 6.92 Å². The highest BCUT2D eigenvalue weighted by Gasteiger charge is 2.22. The molecule has 1 atom stereocenters. The first-order valence-corrected chi connectivity index (χ1v) is 5.73. The van der Waals surface area contributed by atoms with Crippen LogP contribution in [0.5, 0.6) is 0 Å². The maximum Gasteiger partial charge on any atom is 0.0683 e. The molecule has 0 spiro atoms. The molecule has 0 radical (unpaired) electrons. The van der Waals surface area contributed by atoms with Gasteiger partial charge in [-0.2, -0.15) is 0 Å². The zero-order valence-electron chi connectivity index (χ0n) is 9.94. The summed E-state index contributed by atoms with van der Waals surface area (Å²) in [7, 11) is 1.97. The lowest BCUT2D eigenvalue weighted by molar-refractivity contribution is 0.0943. The molecule has 0 bridgehead atoms. The second-order valence-corrected chi connectivity index (χ2v) is 4.14. The van der Waals surface area contributed by atoms with E-state index in [2.05, 4.69) is 27.3 Å². The van der Waals surface area contributed by atoms with Gasteiger partial charge in [-0.1, -0.05) is 0 Å². The van der Waals surface area contributed by atoms with Gasteiger partial charge in [0.2, 0.25) is 0 Å². The summed E-state index contributed by atoms with van der Waals surface area (Å²) in [6, 6.07) is 4.60. The summed E-state index contributed by atoms with van der Waals surface area (Å²) < 4.78 is 5.51. The largest absolute Gasteiger partial charge is 0.377 e. The average Bonchev–Trinajstić information content (AvgIpc) is 2.32. The van der Waals surface area contributed by atoms with Crippen LogP contribution >= 0.6 is 0 Å². The number of aromatic nitrogens is 1. The predicted octanol–water partition coefficient (Wildman–Crippen LogP) is 0.815. The number of hydrogen-bond acceptors (Lipinski definition) is 4. The fraction of sp³-hybridized carbons (Fsp3) is 0.583. The van der Waals surface area contributed by atoms with Crippen LogP contribution in [-0.4, -0.2) is 44.4 Å². The second-order valence-electron chi connectivity index (χ2n) is 4.14. The van der Waals surface area contributed by atoms with Crippen LogP contribution in [0.4, 0.5) is 5.69 Å². The molecule has 2 rings (SSSR count). The molecule has 1 unspecified atom stereocenters. The van der Waals surface area contributed by atoms with E-state index in [1.54, 1.807) is 0 Å². The first kappa shape index (κ1) is 11.4. The molecular weight excluding hydrogens is 202 g/mol. The Bertz CT molecular complexity index is 324. The molecule has 1 aromatic rings. The van der Waals surface area contributed by atoms with Gasteiger partial charge in [0.15, 0.2) is 0 Å². The molecule has 88 valence electrons. The van der Waals surface area contributed by atoms with E-state index in [0.29, 0.717) is 6.04 Å². The Hall–Kier alpha value is -1.13. The molecule has 1 aromatic heterocycles. The van der Waals surface area contributed by atoms with Crippen LogP contribution in [0.1, 0.15) is 5.69 Å². The van der Waals surface area contributed by atoms with E-state index in [-0.39, 0.29) is 0 Å². The normalized spacial score (nSPS) is 21.1. The lowest BCUT2D eigenvalue weighted by Crippen LogP contribution is -2.50. The Morgan fingerprint density at radius 3 is 3.12 bits per heavy atom. The molecule has 2 heterocycles. The van der Waals surface area contributed by atoms with Crippen molar-refractivity contribution in [3.8, 4) is 0 Å². The van der Waals surface area contributed by atoms with Crippen molar-refractivity contribution in [2.75, 3.05) is 38.3 Å². The number of nitrogens with zero attached hydrogens (tertiary/aromatic N) is 2. The molecule has 1 aliphatic heterocycles. The minimum absolute atomic E-state index is 0.406. The molecule has 0 aromatic carbocycles. The van der Waals surface area contributed by atoms with Gasteiger partial charge in [-0.05, 0) is 26.1 Å². The molecular formula is C12H19N3O. The molecule has 1 fully saturated rings. The number of likely N-dealkylation sites (N-methyl/N-ethyl adjacent to an activating group) is 1. The molecule has 1 saturated heterocycles. The zero-order chi connectivity index (χ0) is 11.4. The zero-order valence-corrected chi connectivity index (χ0v) is 9.94. The maximum absolute atomic E-state index is 5.51. The van der Waals surface area contributed by atoms with Crippen LogP contribution in [0.15, 0.2) is 18.3 Å². The van der Waals surface area contributed by atoms with E-state index >= 15 is 0 Å². The quantitative estimate of drug-likeness (QED) is 0.820. The van der Waals surface area contributed by atoms with E-state index in [0.717, 1.165) is 32.0 Å². The van der Waals surface area contributed by atoms with Crippen LogP contribution in [0.3, 0.4) is 0 Å². The number of aryl methyl sites for hydroxylation is 1. The van der Waals surface area contributed by atoms with Gasteiger partial charge in [0, 0.05) is 18.8 Å². The fourth-order valence-corrected chi connectivity index (χ4v) is 2.03. The Labute approximate surface area is 96.6 Å². The lowest BCUT2D eigenvalue weighted by Gasteiger charge is -2.37. The molecule has 16 heavy (non-hydrogen) atoms. The van der Waals surface area contributed by atoms with Gasteiger partial charge in [-0.3, -0.25) is 4.98 Å². The number of rotatable bonds is 3. The summed E-state index contributed by atoms with van der Waals surface area (Å²) in [6.45, 7) is 5.47. The number of morpholine rings is 1. The second kappa shape index (κ2) is 5.27. The third-order valence-corrected chi connectivity index (χ3v) is 2.89. The smallest absolute Gasteiger partial charge is 0.0683 e. The van der Waals surface area contributed by atoms with Gasteiger partial charge in [-0.25, -0.2) is 0 Å². The van der Waals surface area contributed by atoms with Crippen LogP contribution in [0.25, 0.3) is 0 Å². The number of ether oxygens (including phenoxy) is 1. The molecule has 4 nitrogen and oxygen atoms in total. The van der Waals surface area contributed by atoms with E-state index < -0.39 is 0 Å². The van der Waals surface area contributed by atoms with Crippen molar-refractivity contribution < 1.29 is 4.74 Å². The summed E-state index contributed by atoms with van der Waals surface area (Å²) in [4.78, 5) is 6.71. The SMILES string of the molecule is CNCC1COCCN1c1ccc(C)nc1. The minimum atomic E-state index is 0.406. The lowest BCUT2D eigenvalue weighted by atomic mass is 10.2. The highest BCUT2D eigenvalue weighted by Crippen LogP contribution is 2.18. The predicted molar refractivity (Wildman–Crippen MR) is 64.9 cm³/mol. The molecule has 1 N–H and O–H groups in total. The highest BCUT2D eigenvalue weighted by atomic mass is 16.5. The van der Waals surface area contributed by atoms with Gasteiger partial charge in [-0.15, -0.1) is 0 Å². The third kappa shape index (κ3) is 2.51. The Morgan fingerprint density at radius 2 is 2.44 bits per heavy atom. The van der Waals surface area contributed by atoms with Gasteiger partial charge in [0.1, 0.15) is 0 Å². The summed E-state index contributed by atoms with van der Waals surface area (Å²) in [5.74, 6) is 0. The Morgan fingerprint density at radius 1 is 1.56 bits per heavy atom.